The monoisotopic (exact) mass is 308 g/mol. The SMILES string of the molecule is Nc1nc2cc(-n3cccn3)ccc2c2nn(CCCO)cc12. The van der Waals surface area contributed by atoms with E-state index in [2.05, 4.69) is 15.2 Å². The molecule has 3 heterocycles. The molecule has 0 aliphatic rings. The van der Waals surface area contributed by atoms with Crippen LogP contribution in [0.15, 0.2) is 42.9 Å². The number of fused-ring (bicyclic) bond motifs is 3. The van der Waals surface area contributed by atoms with Crippen LogP contribution in [0.5, 0.6) is 0 Å². The normalized spacial score (nSPS) is 11.5. The highest BCUT2D eigenvalue weighted by atomic mass is 16.3. The van der Waals surface area contributed by atoms with E-state index in [-0.39, 0.29) is 6.61 Å². The van der Waals surface area contributed by atoms with Gasteiger partial charge in [-0.25, -0.2) is 9.67 Å². The summed E-state index contributed by atoms with van der Waals surface area (Å²) in [6, 6.07) is 7.80. The summed E-state index contributed by atoms with van der Waals surface area (Å²) in [5.74, 6) is 0.459. The first-order chi connectivity index (χ1) is 11.3. The summed E-state index contributed by atoms with van der Waals surface area (Å²) in [5.41, 5.74) is 8.64. The van der Waals surface area contributed by atoms with E-state index in [0.717, 1.165) is 27.5 Å². The molecule has 0 unspecified atom stereocenters. The molecule has 7 nitrogen and oxygen atoms in total. The summed E-state index contributed by atoms with van der Waals surface area (Å²) < 4.78 is 3.58. The first-order valence-electron chi connectivity index (χ1n) is 7.43. The highest BCUT2D eigenvalue weighted by Gasteiger charge is 2.11. The Kier molecular flexibility index (Phi) is 3.20. The molecule has 116 valence electrons. The maximum absolute atomic E-state index is 8.96. The Bertz CT molecular complexity index is 973. The number of anilines is 1. The first kappa shape index (κ1) is 13.7. The summed E-state index contributed by atoms with van der Waals surface area (Å²) in [6.45, 7) is 0.787. The van der Waals surface area contributed by atoms with Crippen LogP contribution in [0.25, 0.3) is 27.5 Å². The molecule has 0 spiro atoms. The molecule has 0 fully saturated rings. The maximum Gasteiger partial charge on any atom is 0.135 e. The fourth-order valence-corrected chi connectivity index (χ4v) is 2.72. The van der Waals surface area contributed by atoms with Gasteiger partial charge < -0.3 is 10.8 Å². The first-order valence-corrected chi connectivity index (χ1v) is 7.43. The third kappa shape index (κ3) is 2.31. The van der Waals surface area contributed by atoms with Gasteiger partial charge in [0, 0.05) is 37.1 Å². The number of nitrogens with zero attached hydrogens (tertiary/aromatic N) is 5. The number of hydrogen-bond donors (Lipinski definition) is 2. The molecule has 3 aromatic heterocycles. The largest absolute Gasteiger partial charge is 0.396 e. The number of aliphatic hydroxyl groups is 1. The average Bonchev–Trinajstić information content (AvgIpc) is 3.22. The number of benzene rings is 1. The summed E-state index contributed by atoms with van der Waals surface area (Å²) in [4.78, 5) is 4.50. The van der Waals surface area contributed by atoms with Crippen LogP contribution in [0.1, 0.15) is 6.42 Å². The van der Waals surface area contributed by atoms with Crippen LogP contribution >= 0.6 is 0 Å². The zero-order valence-electron chi connectivity index (χ0n) is 12.4. The smallest absolute Gasteiger partial charge is 0.135 e. The highest BCUT2D eigenvalue weighted by Crippen LogP contribution is 2.28. The van der Waals surface area contributed by atoms with Gasteiger partial charge in [0.1, 0.15) is 11.3 Å². The Morgan fingerprint density at radius 2 is 2.13 bits per heavy atom. The second kappa shape index (κ2) is 5.36. The van der Waals surface area contributed by atoms with Crippen LogP contribution in [0.2, 0.25) is 0 Å². The topological polar surface area (TPSA) is 94.8 Å². The average molecular weight is 308 g/mol. The van der Waals surface area contributed by atoms with E-state index in [1.54, 1.807) is 15.6 Å². The molecule has 0 amide bonds. The zero-order valence-corrected chi connectivity index (χ0v) is 12.4. The maximum atomic E-state index is 8.96. The van der Waals surface area contributed by atoms with Gasteiger partial charge in [0.25, 0.3) is 0 Å². The quantitative estimate of drug-likeness (QED) is 0.599. The van der Waals surface area contributed by atoms with E-state index >= 15 is 0 Å². The third-order valence-corrected chi connectivity index (χ3v) is 3.83. The zero-order chi connectivity index (χ0) is 15.8. The lowest BCUT2D eigenvalue weighted by atomic mass is 10.1. The molecule has 7 heteroatoms. The second-order valence-corrected chi connectivity index (χ2v) is 5.38. The molecule has 23 heavy (non-hydrogen) atoms. The van der Waals surface area contributed by atoms with Crippen molar-refractivity contribution in [3.8, 4) is 5.69 Å². The minimum absolute atomic E-state index is 0.137. The van der Waals surface area contributed by atoms with Gasteiger partial charge >= 0.3 is 0 Å². The van der Waals surface area contributed by atoms with Crippen LogP contribution in [-0.2, 0) is 6.54 Å². The molecule has 0 aliphatic carbocycles. The molecule has 4 aromatic rings. The second-order valence-electron chi connectivity index (χ2n) is 5.38. The highest BCUT2D eigenvalue weighted by molar-refractivity contribution is 6.07. The number of hydrogen-bond acceptors (Lipinski definition) is 5. The van der Waals surface area contributed by atoms with Gasteiger partial charge in [0.05, 0.1) is 16.6 Å². The van der Waals surface area contributed by atoms with Gasteiger partial charge in [0.15, 0.2) is 0 Å². The summed E-state index contributed by atoms with van der Waals surface area (Å²) in [6.07, 6.45) is 6.15. The van der Waals surface area contributed by atoms with E-state index in [1.807, 2.05) is 36.7 Å². The van der Waals surface area contributed by atoms with Gasteiger partial charge in [-0.2, -0.15) is 10.2 Å². The van der Waals surface area contributed by atoms with E-state index < -0.39 is 0 Å². The molecule has 4 rings (SSSR count). The van der Waals surface area contributed by atoms with Crippen molar-refractivity contribution in [3.05, 3.63) is 42.9 Å². The molecular formula is C16H16N6O. The van der Waals surface area contributed by atoms with E-state index in [0.29, 0.717) is 18.8 Å². The summed E-state index contributed by atoms with van der Waals surface area (Å²) in [5, 5.41) is 19.6. The van der Waals surface area contributed by atoms with Crippen molar-refractivity contribution in [2.75, 3.05) is 12.3 Å². The Labute approximate surface area is 132 Å². The van der Waals surface area contributed by atoms with Crippen molar-refractivity contribution in [1.29, 1.82) is 0 Å². The fourth-order valence-electron chi connectivity index (χ4n) is 2.72. The van der Waals surface area contributed by atoms with Crippen molar-refractivity contribution < 1.29 is 5.11 Å². The van der Waals surface area contributed by atoms with Gasteiger partial charge in [-0.05, 0) is 30.7 Å². The van der Waals surface area contributed by atoms with Gasteiger partial charge in [-0.15, -0.1) is 0 Å². The molecular weight excluding hydrogens is 292 g/mol. The molecule has 0 saturated heterocycles. The van der Waals surface area contributed by atoms with Crippen LogP contribution in [0, 0.1) is 0 Å². The van der Waals surface area contributed by atoms with Crippen molar-refractivity contribution in [2.45, 2.75) is 13.0 Å². The number of aliphatic hydroxyl groups excluding tert-OH is 1. The predicted octanol–water partition coefficient (Wildman–Crippen LogP) is 1.73. The standard InChI is InChI=1S/C16H16N6O/c17-16-13-10-21(6-2-8-23)20-15(13)12-4-3-11(9-14(12)19-16)22-7-1-5-18-22/h1,3-5,7,9-10,23H,2,6,8H2,(H2,17,19). The van der Waals surface area contributed by atoms with Crippen LogP contribution in [0.3, 0.4) is 0 Å². The van der Waals surface area contributed by atoms with Gasteiger partial charge in [0.2, 0.25) is 0 Å². The Balaban J connectivity index is 1.89. The third-order valence-electron chi connectivity index (χ3n) is 3.83. The van der Waals surface area contributed by atoms with Crippen molar-refractivity contribution >= 4 is 27.6 Å². The molecule has 0 radical (unpaired) electrons. The lowest BCUT2D eigenvalue weighted by Gasteiger charge is -2.05. The van der Waals surface area contributed by atoms with E-state index in [9.17, 15) is 0 Å². The van der Waals surface area contributed by atoms with Gasteiger partial charge in [-0.1, -0.05) is 0 Å². The number of aryl methyl sites for hydroxylation is 1. The predicted molar refractivity (Wildman–Crippen MR) is 88.3 cm³/mol. The molecule has 1 aromatic carbocycles. The Morgan fingerprint density at radius 1 is 1.22 bits per heavy atom. The van der Waals surface area contributed by atoms with E-state index in [4.69, 9.17) is 10.8 Å². The lowest BCUT2D eigenvalue weighted by molar-refractivity contribution is 0.277. The fraction of sp³-hybridized carbons (Fsp3) is 0.188. The van der Waals surface area contributed by atoms with Crippen molar-refractivity contribution in [2.24, 2.45) is 0 Å². The molecule has 0 atom stereocenters. The van der Waals surface area contributed by atoms with Crippen LogP contribution in [0.4, 0.5) is 5.82 Å². The van der Waals surface area contributed by atoms with Gasteiger partial charge in [-0.3, -0.25) is 4.68 Å². The Morgan fingerprint density at radius 3 is 2.91 bits per heavy atom. The summed E-state index contributed by atoms with van der Waals surface area (Å²) in [7, 11) is 0. The molecule has 0 bridgehead atoms. The number of rotatable bonds is 4. The van der Waals surface area contributed by atoms with Crippen LogP contribution < -0.4 is 5.73 Å². The summed E-state index contributed by atoms with van der Waals surface area (Å²) >= 11 is 0. The molecule has 3 N–H and O–H groups in total. The lowest BCUT2D eigenvalue weighted by Crippen LogP contribution is -2.00. The minimum Gasteiger partial charge on any atom is -0.396 e. The Hall–Kier alpha value is -2.93. The number of nitrogens with two attached hydrogens (primary N) is 1. The number of aromatic nitrogens is 5. The number of pyridine rings is 1. The van der Waals surface area contributed by atoms with Crippen molar-refractivity contribution in [3.63, 3.8) is 0 Å². The van der Waals surface area contributed by atoms with E-state index in [1.165, 1.54) is 0 Å². The number of nitrogen functional groups attached to an aromatic ring is 1. The molecule has 0 aliphatic heterocycles. The molecule has 0 saturated carbocycles. The minimum atomic E-state index is 0.137. The van der Waals surface area contributed by atoms with Crippen LogP contribution in [-0.4, -0.2) is 36.3 Å². The van der Waals surface area contributed by atoms with Crippen molar-refractivity contribution in [1.82, 2.24) is 24.5 Å².